The van der Waals surface area contributed by atoms with E-state index in [0.29, 0.717) is 13.0 Å². The van der Waals surface area contributed by atoms with Gasteiger partial charge < -0.3 is 9.84 Å². The van der Waals surface area contributed by atoms with E-state index in [1.807, 2.05) is 4.90 Å². The van der Waals surface area contributed by atoms with E-state index >= 15 is 0 Å². The number of rotatable bonds is 5. The van der Waals surface area contributed by atoms with E-state index in [1.54, 1.807) is 6.08 Å². The number of aliphatic hydroxyl groups is 1. The van der Waals surface area contributed by atoms with Gasteiger partial charge in [-0.05, 0) is 13.0 Å². The number of hydrogen-bond donors (Lipinski definition) is 1. The van der Waals surface area contributed by atoms with Crippen LogP contribution in [-0.2, 0) is 9.53 Å². The Morgan fingerprint density at radius 3 is 3.07 bits per heavy atom. The summed E-state index contributed by atoms with van der Waals surface area (Å²) in [4.78, 5) is 13.6. The molecule has 0 amide bonds. The molecule has 0 saturated carbocycles. The maximum absolute atomic E-state index is 11.6. The predicted molar refractivity (Wildman–Crippen MR) is 57.4 cm³/mol. The fourth-order valence-electron chi connectivity index (χ4n) is 1.90. The van der Waals surface area contributed by atoms with E-state index in [4.69, 9.17) is 4.74 Å². The molecule has 1 aliphatic heterocycles. The van der Waals surface area contributed by atoms with Gasteiger partial charge in [-0.3, -0.25) is 9.69 Å². The molecule has 4 heteroatoms. The van der Waals surface area contributed by atoms with Gasteiger partial charge in [-0.1, -0.05) is 19.6 Å². The highest BCUT2D eigenvalue weighted by molar-refractivity contribution is 5.76. The third kappa shape index (κ3) is 3.32. The van der Waals surface area contributed by atoms with Crippen molar-refractivity contribution < 1.29 is 14.6 Å². The van der Waals surface area contributed by atoms with Crippen LogP contribution in [0.3, 0.4) is 0 Å². The molecule has 1 saturated heterocycles. The van der Waals surface area contributed by atoms with Gasteiger partial charge in [0.15, 0.2) is 0 Å². The Morgan fingerprint density at radius 2 is 2.47 bits per heavy atom. The van der Waals surface area contributed by atoms with Crippen LogP contribution in [0.2, 0.25) is 0 Å². The zero-order chi connectivity index (χ0) is 11.3. The smallest absolute Gasteiger partial charge is 0.323 e. The molecular formula is C11H19NO3. The zero-order valence-electron chi connectivity index (χ0n) is 9.19. The van der Waals surface area contributed by atoms with Gasteiger partial charge >= 0.3 is 5.97 Å². The minimum absolute atomic E-state index is 0.241. The van der Waals surface area contributed by atoms with E-state index in [1.165, 1.54) is 0 Å². The minimum atomic E-state index is -0.405. The van der Waals surface area contributed by atoms with Crippen molar-refractivity contribution in [3.8, 4) is 0 Å². The third-order valence-electron chi connectivity index (χ3n) is 2.51. The first-order valence-electron chi connectivity index (χ1n) is 5.38. The second kappa shape index (κ2) is 5.88. The lowest BCUT2D eigenvalue weighted by Gasteiger charge is -2.21. The van der Waals surface area contributed by atoms with Crippen molar-refractivity contribution in [2.45, 2.75) is 31.9 Å². The lowest BCUT2D eigenvalue weighted by atomic mass is 10.2. The second-order valence-corrected chi connectivity index (χ2v) is 3.82. The molecule has 4 nitrogen and oxygen atoms in total. The predicted octanol–water partition coefficient (Wildman–Crippen LogP) is 0.561. The number of hydrogen-bond acceptors (Lipinski definition) is 4. The minimum Gasteiger partial charge on any atom is -0.460 e. The first-order valence-corrected chi connectivity index (χ1v) is 5.38. The zero-order valence-corrected chi connectivity index (χ0v) is 9.19. The van der Waals surface area contributed by atoms with Crippen LogP contribution in [0.15, 0.2) is 12.7 Å². The van der Waals surface area contributed by atoms with Crippen LogP contribution in [0.4, 0.5) is 0 Å². The summed E-state index contributed by atoms with van der Waals surface area (Å²) >= 11 is 0. The summed E-state index contributed by atoms with van der Waals surface area (Å²) in [7, 11) is 0. The van der Waals surface area contributed by atoms with Gasteiger partial charge in [0, 0.05) is 13.0 Å². The normalized spacial score (nSPS) is 26.5. The average Bonchev–Trinajstić information content (AvgIpc) is 2.57. The largest absolute Gasteiger partial charge is 0.460 e. The van der Waals surface area contributed by atoms with Crippen molar-refractivity contribution in [3.63, 3.8) is 0 Å². The van der Waals surface area contributed by atoms with Crippen LogP contribution < -0.4 is 0 Å². The van der Waals surface area contributed by atoms with Gasteiger partial charge in [-0.15, -0.1) is 0 Å². The summed E-state index contributed by atoms with van der Waals surface area (Å²) < 4.78 is 4.99. The molecule has 0 aromatic carbocycles. The molecule has 0 aliphatic carbocycles. The first kappa shape index (κ1) is 12.2. The van der Waals surface area contributed by atoms with Crippen LogP contribution in [0.1, 0.15) is 19.8 Å². The summed E-state index contributed by atoms with van der Waals surface area (Å²) in [5, 5.41) is 9.50. The Kier molecular flexibility index (Phi) is 4.78. The Labute approximate surface area is 90.5 Å². The molecule has 2 unspecified atom stereocenters. The summed E-state index contributed by atoms with van der Waals surface area (Å²) in [6, 6.07) is -0.278. The Balaban J connectivity index is 2.49. The summed E-state index contributed by atoms with van der Waals surface area (Å²) in [5.41, 5.74) is 0. The Morgan fingerprint density at radius 1 is 1.73 bits per heavy atom. The monoisotopic (exact) mass is 213 g/mol. The molecule has 2 atom stereocenters. The van der Waals surface area contributed by atoms with Crippen LogP contribution >= 0.6 is 0 Å². The number of β-amino-alcohol motifs (C(OH)–C–C–N with tert-alkyl or cyclic N) is 1. The van der Waals surface area contributed by atoms with Crippen LogP contribution in [0.5, 0.6) is 0 Å². The SMILES string of the molecule is C=CCOC(=O)C1CC(O)CN1CCC. The number of aliphatic hydroxyl groups excluding tert-OH is 1. The van der Waals surface area contributed by atoms with E-state index in [-0.39, 0.29) is 18.6 Å². The second-order valence-electron chi connectivity index (χ2n) is 3.82. The van der Waals surface area contributed by atoms with Crippen molar-refractivity contribution in [2.75, 3.05) is 19.7 Å². The molecule has 1 N–H and O–H groups in total. The fraction of sp³-hybridized carbons (Fsp3) is 0.727. The molecule has 0 spiro atoms. The summed E-state index contributed by atoms with van der Waals surface area (Å²) in [6.07, 6.45) is 2.60. The molecule has 0 bridgehead atoms. The maximum Gasteiger partial charge on any atom is 0.323 e. The molecule has 15 heavy (non-hydrogen) atoms. The topological polar surface area (TPSA) is 49.8 Å². The number of nitrogens with zero attached hydrogens (tertiary/aromatic N) is 1. The molecule has 1 heterocycles. The molecule has 0 aromatic heterocycles. The van der Waals surface area contributed by atoms with E-state index < -0.39 is 6.10 Å². The third-order valence-corrected chi connectivity index (χ3v) is 2.51. The highest BCUT2D eigenvalue weighted by atomic mass is 16.5. The lowest BCUT2D eigenvalue weighted by Crippen LogP contribution is -2.37. The highest BCUT2D eigenvalue weighted by Crippen LogP contribution is 2.19. The van der Waals surface area contributed by atoms with Crippen molar-refractivity contribution in [1.82, 2.24) is 4.90 Å². The molecule has 0 aromatic rings. The molecule has 1 aliphatic rings. The van der Waals surface area contributed by atoms with Gasteiger partial charge in [-0.2, -0.15) is 0 Å². The molecular weight excluding hydrogens is 194 g/mol. The highest BCUT2D eigenvalue weighted by Gasteiger charge is 2.36. The number of likely N-dealkylation sites (tertiary alicyclic amines) is 1. The fourth-order valence-corrected chi connectivity index (χ4v) is 1.90. The maximum atomic E-state index is 11.6. The Bertz CT molecular complexity index is 230. The van der Waals surface area contributed by atoms with E-state index in [2.05, 4.69) is 13.5 Å². The van der Waals surface area contributed by atoms with Crippen molar-refractivity contribution in [1.29, 1.82) is 0 Å². The van der Waals surface area contributed by atoms with Gasteiger partial charge in [0.1, 0.15) is 12.6 Å². The number of carbonyl (C=O) groups excluding carboxylic acids is 1. The average molecular weight is 213 g/mol. The van der Waals surface area contributed by atoms with Gasteiger partial charge in [0.05, 0.1) is 6.10 Å². The van der Waals surface area contributed by atoms with Crippen LogP contribution in [-0.4, -0.2) is 47.8 Å². The van der Waals surface area contributed by atoms with Crippen molar-refractivity contribution in [2.24, 2.45) is 0 Å². The Hall–Kier alpha value is -0.870. The van der Waals surface area contributed by atoms with E-state index in [0.717, 1.165) is 13.0 Å². The number of carbonyl (C=O) groups is 1. The molecule has 1 rings (SSSR count). The molecule has 0 radical (unpaired) electrons. The van der Waals surface area contributed by atoms with Crippen LogP contribution in [0.25, 0.3) is 0 Å². The van der Waals surface area contributed by atoms with Crippen molar-refractivity contribution in [3.05, 3.63) is 12.7 Å². The summed E-state index contributed by atoms with van der Waals surface area (Å²) in [5.74, 6) is -0.250. The molecule has 86 valence electrons. The van der Waals surface area contributed by atoms with E-state index in [9.17, 15) is 9.90 Å². The summed E-state index contributed by atoms with van der Waals surface area (Å²) in [6.45, 7) is 7.18. The quantitative estimate of drug-likeness (QED) is 0.535. The van der Waals surface area contributed by atoms with Crippen molar-refractivity contribution >= 4 is 5.97 Å². The van der Waals surface area contributed by atoms with Crippen LogP contribution in [0, 0.1) is 0 Å². The van der Waals surface area contributed by atoms with Gasteiger partial charge in [-0.25, -0.2) is 0 Å². The molecule has 1 fully saturated rings. The number of esters is 1. The first-order chi connectivity index (χ1) is 7.19. The van der Waals surface area contributed by atoms with Gasteiger partial charge in [0.2, 0.25) is 0 Å². The standard InChI is InChI=1S/C11H19NO3/c1-3-5-12-8-9(13)7-10(12)11(14)15-6-4-2/h4,9-10,13H,2-3,5-8H2,1H3. The number of ether oxygens (including phenoxy) is 1. The van der Waals surface area contributed by atoms with Gasteiger partial charge in [0.25, 0.3) is 0 Å². The lowest BCUT2D eigenvalue weighted by molar-refractivity contribution is -0.147.